The second-order valence-electron chi connectivity index (χ2n) is 6.08. The molecule has 18 heavy (non-hydrogen) atoms. The van der Waals surface area contributed by atoms with Gasteiger partial charge in [0.2, 0.25) is 5.91 Å². The highest BCUT2D eigenvalue weighted by Gasteiger charge is 2.31. The standard InChI is InChI=1S/C14H27N3O/c1-11-5-6-13(9-15-11)14(18)17-8-4-7-16(3)10-12(17)2/h11-13,15H,4-10H2,1-3H3. The number of carbonyl (C=O) groups is 1. The van der Waals surface area contributed by atoms with Gasteiger partial charge in [-0.25, -0.2) is 0 Å². The first-order valence-corrected chi connectivity index (χ1v) is 7.30. The van der Waals surface area contributed by atoms with Crippen LogP contribution in [0.2, 0.25) is 0 Å². The molecule has 0 radical (unpaired) electrons. The zero-order valence-corrected chi connectivity index (χ0v) is 12.0. The highest BCUT2D eigenvalue weighted by molar-refractivity contribution is 5.79. The molecule has 104 valence electrons. The van der Waals surface area contributed by atoms with Crippen molar-refractivity contribution in [3.8, 4) is 0 Å². The van der Waals surface area contributed by atoms with Crippen molar-refractivity contribution in [3.63, 3.8) is 0 Å². The minimum absolute atomic E-state index is 0.201. The molecule has 0 aromatic heterocycles. The number of amides is 1. The summed E-state index contributed by atoms with van der Waals surface area (Å²) in [7, 11) is 2.15. The quantitative estimate of drug-likeness (QED) is 0.755. The van der Waals surface area contributed by atoms with Gasteiger partial charge in [0, 0.05) is 31.7 Å². The Morgan fingerprint density at radius 1 is 1.22 bits per heavy atom. The molecule has 0 aliphatic carbocycles. The summed E-state index contributed by atoms with van der Waals surface area (Å²) in [5, 5.41) is 3.43. The molecule has 4 nitrogen and oxygen atoms in total. The Morgan fingerprint density at radius 3 is 2.67 bits per heavy atom. The van der Waals surface area contributed by atoms with Gasteiger partial charge in [0.1, 0.15) is 0 Å². The molecule has 0 bridgehead atoms. The van der Waals surface area contributed by atoms with Crippen LogP contribution in [0.4, 0.5) is 0 Å². The van der Waals surface area contributed by atoms with E-state index in [1.54, 1.807) is 0 Å². The molecule has 0 aromatic carbocycles. The van der Waals surface area contributed by atoms with Gasteiger partial charge in [-0.15, -0.1) is 0 Å². The zero-order chi connectivity index (χ0) is 13.1. The molecule has 2 aliphatic heterocycles. The lowest BCUT2D eigenvalue weighted by Gasteiger charge is -2.34. The van der Waals surface area contributed by atoms with Crippen LogP contribution in [-0.4, -0.2) is 61.0 Å². The van der Waals surface area contributed by atoms with Gasteiger partial charge in [-0.05, 0) is 46.7 Å². The fraction of sp³-hybridized carbons (Fsp3) is 0.929. The number of piperidine rings is 1. The van der Waals surface area contributed by atoms with Gasteiger partial charge in [0.05, 0.1) is 5.92 Å². The Labute approximate surface area is 111 Å². The van der Waals surface area contributed by atoms with Crippen LogP contribution >= 0.6 is 0 Å². The highest BCUT2D eigenvalue weighted by Crippen LogP contribution is 2.19. The maximum atomic E-state index is 12.6. The molecule has 2 heterocycles. The van der Waals surface area contributed by atoms with E-state index in [0.717, 1.165) is 45.4 Å². The van der Waals surface area contributed by atoms with Crippen molar-refractivity contribution >= 4 is 5.91 Å². The van der Waals surface area contributed by atoms with Crippen LogP contribution in [0.3, 0.4) is 0 Å². The molecular formula is C14H27N3O. The van der Waals surface area contributed by atoms with Crippen LogP contribution in [-0.2, 0) is 4.79 Å². The number of hydrogen-bond acceptors (Lipinski definition) is 3. The summed E-state index contributed by atoms with van der Waals surface area (Å²) >= 11 is 0. The van der Waals surface area contributed by atoms with Crippen molar-refractivity contribution in [1.29, 1.82) is 0 Å². The lowest BCUT2D eigenvalue weighted by atomic mass is 9.94. The average molecular weight is 253 g/mol. The molecule has 3 atom stereocenters. The van der Waals surface area contributed by atoms with E-state index in [0.29, 0.717) is 18.0 Å². The molecule has 1 amide bonds. The SMILES string of the molecule is CC1CCC(C(=O)N2CCCN(C)CC2C)CN1. The summed E-state index contributed by atoms with van der Waals surface area (Å²) < 4.78 is 0. The third kappa shape index (κ3) is 3.23. The molecule has 0 spiro atoms. The van der Waals surface area contributed by atoms with E-state index in [1.165, 1.54) is 0 Å². The maximum Gasteiger partial charge on any atom is 0.227 e. The van der Waals surface area contributed by atoms with Crippen molar-refractivity contribution in [2.24, 2.45) is 5.92 Å². The number of rotatable bonds is 1. The van der Waals surface area contributed by atoms with Crippen molar-refractivity contribution in [1.82, 2.24) is 15.1 Å². The number of hydrogen-bond donors (Lipinski definition) is 1. The third-order valence-electron chi connectivity index (χ3n) is 4.34. The maximum absolute atomic E-state index is 12.6. The monoisotopic (exact) mass is 253 g/mol. The Hall–Kier alpha value is -0.610. The van der Waals surface area contributed by atoms with Crippen LogP contribution in [0.1, 0.15) is 33.1 Å². The van der Waals surface area contributed by atoms with Gasteiger partial charge < -0.3 is 15.1 Å². The van der Waals surface area contributed by atoms with E-state index >= 15 is 0 Å². The second-order valence-corrected chi connectivity index (χ2v) is 6.08. The first-order chi connectivity index (χ1) is 8.58. The number of likely N-dealkylation sites (N-methyl/N-ethyl adjacent to an activating group) is 1. The predicted octanol–water partition coefficient (Wildman–Crippen LogP) is 0.927. The highest BCUT2D eigenvalue weighted by atomic mass is 16.2. The minimum atomic E-state index is 0.201. The Balaban J connectivity index is 1.94. The molecule has 2 aliphatic rings. The van der Waals surface area contributed by atoms with Crippen LogP contribution < -0.4 is 5.32 Å². The van der Waals surface area contributed by atoms with E-state index in [1.807, 2.05) is 0 Å². The van der Waals surface area contributed by atoms with Gasteiger partial charge in [0.25, 0.3) is 0 Å². The summed E-state index contributed by atoms with van der Waals surface area (Å²) in [4.78, 5) is 17.0. The fourth-order valence-electron chi connectivity index (χ4n) is 3.14. The van der Waals surface area contributed by atoms with Crippen LogP contribution in [0.15, 0.2) is 0 Å². The zero-order valence-electron chi connectivity index (χ0n) is 12.0. The van der Waals surface area contributed by atoms with E-state index in [-0.39, 0.29) is 5.92 Å². The summed E-state index contributed by atoms with van der Waals surface area (Å²) in [6.07, 6.45) is 3.27. The van der Waals surface area contributed by atoms with Crippen LogP contribution in [0.25, 0.3) is 0 Å². The number of nitrogens with zero attached hydrogens (tertiary/aromatic N) is 2. The summed E-state index contributed by atoms with van der Waals surface area (Å²) in [5.41, 5.74) is 0. The van der Waals surface area contributed by atoms with Gasteiger partial charge in [0.15, 0.2) is 0 Å². The Bertz CT molecular complexity index is 287. The normalized spacial score (nSPS) is 35.3. The first kappa shape index (κ1) is 13.8. The van der Waals surface area contributed by atoms with Crippen molar-refractivity contribution in [2.45, 2.75) is 45.2 Å². The van der Waals surface area contributed by atoms with Crippen LogP contribution in [0, 0.1) is 5.92 Å². The van der Waals surface area contributed by atoms with Gasteiger partial charge >= 0.3 is 0 Å². The van der Waals surface area contributed by atoms with Crippen LogP contribution in [0.5, 0.6) is 0 Å². The van der Waals surface area contributed by atoms with E-state index in [9.17, 15) is 4.79 Å². The lowest BCUT2D eigenvalue weighted by Crippen LogP contribution is -2.49. The van der Waals surface area contributed by atoms with Gasteiger partial charge in [-0.1, -0.05) is 0 Å². The molecule has 2 fully saturated rings. The topological polar surface area (TPSA) is 35.6 Å². The summed E-state index contributed by atoms with van der Waals surface area (Å²) in [6.45, 7) is 8.27. The molecule has 3 unspecified atom stereocenters. The van der Waals surface area contributed by atoms with Gasteiger partial charge in [-0.2, -0.15) is 0 Å². The first-order valence-electron chi connectivity index (χ1n) is 7.30. The molecular weight excluding hydrogens is 226 g/mol. The van der Waals surface area contributed by atoms with E-state index in [4.69, 9.17) is 0 Å². The molecule has 2 rings (SSSR count). The molecule has 4 heteroatoms. The number of carbonyl (C=O) groups excluding carboxylic acids is 1. The minimum Gasteiger partial charge on any atom is -0.338 e. The average Bonchev–Trinajstić information content (AvgIpc) is 2.50. The van der Waals surface area contributed by atoms with Crippen molar-refractivity contribution < 1.29 is 4.79 Å². The van der Waals surface area contributed by atoms with Gasteiger partial charge in [-0.3, -0.25) is 4.79 Å². The van der Waals surface area contributed by atoms with Crippen molar-refractivity contribution in [3.05, 3.63) is 0 Å². The summed E-state index contributed by atoms with van der Waals surface area (Å²) in [5.74, 6) is 0.573. The third-order valence-corrected chi connectivity index (χ3v) is 4.34. The Morgan fingerprint density at radius 2 is 2.00 bits per heavy atom. The van der Waals surface area contributed by atoms with Crippen molar-refractivity contribution in [2.75, 3.05) is 33.2 Å². The summed E-state index contributed by atoms with van der Waals surface area (Å²) in [6, 6.07) is 0.922. The largest absolute Gasteiger partial charge is 0.338 e. The predicted molar refractivity (Wildman–Crippen MR) is 73.5 cm³/mol. The van der Waals surface area contributed by atoms with E-state index in [2.05, 4.69) is 36.0 Å². The molecule has 2 saturated heterocycles. The molecule has 0 aromatic rings. The Kier molecular flexibility index (Phi) is 4.62. The lowest BCUT2D eigenvalue weighted by molar-refractivity contribution is -0.138. The molecule has 1 N–H and O–H groups in total. The number of nitrogens with one attached hydrogen (secondary N) is 1. The second kappa shape index (κ2) is 6.02. The van der Waals surface area contributed by atoms with E-state index < -0.39 is 0 Å². The smallest absolute Gasteiger partial charge is 0.227 e. The fourth-order valence-corrected chi connectivity index (χ4v) is 3.14. The molecule has 0 saturated carbocycles.